The number of hydrogen-bond acceptors (Lipinski definition) is 2. The fraction of sp³-hybridized carbons (Fsp3) is 0.333. The van der Waals surface area contributed by atoms with Gasteiger partial charge in [0.1, 0.15) is 0 Å². The molecule has 1 heterocycles. The van der Waals surface area contributed by atoms with Crippen LogP contribution in [0.15, 0.2) is 23.0 Å². The van der Waals surface area contributed by atoms with Crippen LogP contribution in [-0.4, -0.2) is 21.4 Å². The molecule has 0 radical (unpaired) electrons. The third-order valence-electron chi connectivity index (χ3n) is 2.27. The molecule has 0 bridgehead atoms. The van der Waals surface area contributed by atoms with Crippen LogP contribution in [0.25, 0.3) is 11.0 Å². The van der Waals surface area contributed by atoms with Crippen molar-refractivity contribution in [3.63, 3.8) is 0 Å². The first-order valence-electron chi connectivity index (χ1n) is 5.40. The van der Waals surface area contributed by atoms with Crippen molar-refractivity contribution < 1.29 is 4.79 Å². The molecule has 2 rings (SSSR count). The highest BCUT2D eigenvalue weighted by molar-refractivity contribution is 5.97. The second kappa shape index (κ2) is 3.76. The predicted molar refractivity (Wildman–Crippen MR) is 66.1 cm³/mol. The van der Waals surface area contributed by atoms with Gasteiger partial charge in [0.2, 0.25) is 0 Å². The van der Waals surface area contributed by atoms with Crippen LogP contribution in [0.1, 0.15) is 31.1 Å². The minimum Gasteiger partial charge on any atom is -0.347 e. The van der Waals surface area contributed by atoms with Crippen LogP contribution in [0.4, 0.5) is 0 Å². The largest absolute Gasteiger partial charge is 0.347 e. The number of aromatic nitrogens is 2. The van der Waals surface area contributed by atoms with Crippen LogP contribution in [0.5, 0.6) is 0 Å². The third-order valence-corrected chi connectivity index (χ3v) is 2.27. The van der Waals surface area contributed by atoms with Gasteiger partial charge in [0.05, 0.1) is 11.0 Å². The van der Waals surface area contributed by atoms with E-state index in [4.69, 9.17) is 0 Å². The number of H-pyrrole nitrogens is 2. The van der Waals surface area contributed by atoms with Gasteiger partial charge in [0.15, 0.2) is 0 Å². The Morgan fingerprint density at radius 2 is 1.82 bits per heavy atom. The second-order valence-corrected chi connectivity index (χ2v) is 5.04. The number of benzene rings is 1. The van der Waals surface area contributed by atoms with Gasteiger partial charge in [0, 0.05) is 11.1 Å². The average molecular weight is 233 g/mol. The lowest BCUT2D eigenvalue weighted by atomic mass is 10.1. The van der Waals surface area contributed by atoms with Crippen LogP contribution in [-0.2, 0) is 0 Å². The Kier molecular flexibility index (Phi) is 2.53. The number of amides is 1. The van der Waals surface area contributed by atoms with E-state index >= 15 is 0 Å². The quantitative estimate of drug-likeness (QED) is 0.696. The first-order valence-corrected chi connectivity index (χ1v) is 5.40. The van der Waals surface area contributed by atoms with Crippen molar-refractivity contribution >= 4 is 16.9 Å². The van der Waals surface area contributed by atoms with E-state index in [2.05, 4.69) is 15.3 Å². The van der Waals surface area contributed by atoms with E-state index in [0.29, 0.717) is 16.6 Å². The molecule has 17 heavy (non-hydrogen) atoms. The summed E-state index contributed by atoms with van der Waals surface area (Å²) in [5.74, 6) is -0.151. The van der Waals surface area contributed by atoms with Gasteiger partial charge in [-0.15, -0.1) is 0 Å². The number of nitrogens with one attached hydrogen (secondary N) is 3. The molecule has 0 aliphatic rings. The van der Waals surface area contributed by atoms with E-state index in [1.807, 2.05) is 20.8 Å². The highest BCUT2D eigenvalue weighted by Gasteiger charge is 2.15. The summed E-state index contributed by atoms with van der Waals surface area (Å²) in [7, 11) is 0. The van der Waals surface area contributed by atoms with Crippen molar-refractivity contribution in [1.29, 1.82) is 0 Å². The van der Waals surface area contributed by atoms with Gasteiger partial charge in [-0.3, -0.25) is 4.79 Å². The molecule has 0 aliphatic carbocycles. The van der Waals surface area contributed by atoms with Gasteiger partial charge in [-0.05, 0) is 39.0 Å². The van der Waals surface area contributed by atoms with E-state index in [1.165, 1.54) is 0 Å². The monoisotopic (exact) mass is 233 g/mol. The molecule has 0 atom stereocenters. The van der Waals surface area contributed by atoms with Crippen molar-refractivity contribution in [2.45, 2.75) is 26.3 Å². The predicted octanol–water partition coefficient (Wildman–Crippen LogP) is 1.38. The van der Waals surface area contributed by atoms with Crippen LogP contribution in [0, 0.1) is 0 Å². The molecule has 1 aromatic carbocycles. The zero-order valence-electron chi connectivity index (χ0n) is 10.0. The Bertz CT molecular complexity index is 616. The zero-order valence-corrected chi connectivity index (χ0v) is 10.0. The summed E-state index contributed by atoms with van der Waals surface area (Å²) in [4.78, 5) is 28.2. The van der Waals surface area contributed by atoms with Gasteiger partial charge in [0.25, 0.3) is 5.91 Å². The summed E-state index contributed by atoms with van der Waals surface area (Å²) in [5, 5.41) is 2.87. The summed E-state index contributed by atoms with van der Waals surface area (Å²) < 4.78 is 0. The fourth-order valence-corrected chi connectivity index (χ4v) is 1.59. The van der Waals surface area contributed by atoms with E-state index in [0.717, 1.165) is 0 Å². The second-order valence-electron chi connectivity index (χ2n) is 5.04. The van der Waals surface area contributed by atoms with Crippen LogP contribution < -0.4 is 11.0 Å². The standard InChI is InChI=1S/C12H15N3O2/c1-12(2,3)15-10(16)7-4-5-8-9(6-7)14-11(17)13-8/h4-6H,1-3H3,(H,15,16)(H2,13,14,17). The Labute approximate surface area is 98.2 Å². The Morgan fingerprint density at radius 1 is 1.18 bits per heavy atom. The van der Waals surface area contributed by atoms with E-state index in [1.54, 1.807) is 18.2 Å². The van der Waals surface area contributed by atoms with Crippen molar-refractivity contribution in [2.24, 2.45) is 0 Å². The molecule has 1 aromatic heterocycles. The van der Waals surface area contributed by atoms with Gasteiger partial charge < -0.3 is 15.3 Å². The summed E-state index contributed by atoms with van der Waals surface area (Å²) in [6.07, 6.45) is 0. The molecule has 1 amide bonds. The van der Waals surface area contributed by atoms with Gasteiger partial charge in [-0.2, -0.15) is 0 Å². The first-order chi connectivity index (χ1) is 7.85. The maximum Gasteiger partial charge on any atom is 0.323 e. The lowest BCUT2D eigenvalue weighted by Gasteiger charge is -2.20. The lowest BCUT2D eigenvalue weighted by molar-refractivity contribution is 0.0919. The first kappa shape index (κ1) is 11.4. The van der Waals surface area contributed by atoms with E-state index in [-0.39, 0.29) is 17.1 Å². The maximum atomic E-state index is 11.9. The molecule has 0 unspecified atom stereocenters. The minimum absolute atomic E-state index is 0.151. The highest BCUT2D eigenvalue weighted by Crippen LogP contribution is 2.11. The van der Waals surface area contributed by atoms with E-state index in [9.17, 15) is 9.59 Å². The van der Waals surface area contributed by atoms with Gasteiger partial charge in [-0.25, -0.2) is 4.79 Å². The number of fused-ring (bicyclic) bond motifs is 1. The normalized spacial score (nSPS) is 11.7. The molecule has 0 aliphatic heterocycles. The molecule has 0 saturated carbocycles. The maximum absolute atomic E-state index is 11.9. The molecule has 2 aromatic rings. The number of carbonyl (C=O) groups excluding carboxylic acids is 1. The molecule has 0 fully saturated rings. The molecular formula is C12H15N3O2. The number of hydrogen-bond donors (Lipinski definition) is 3. The summed E-state index contributed by atoms with van der Waals surface area (Å²) in [6, 6.07) is 5.06. The SMILES string of the molecule is CC(C)(C)NC(=O)c1ccc2[nH]c(=O)[nH]c2c1. The lowest BCUT2D eigenvalue weighted by Crippen LogP contribution is -2.40. The number of rotatable bonds is 1. The summed E-state index contributed by atoms with van der Waals surface area (Å²) >= 11 is 0. The number of imidazole rings is 1. The molecular weight excluding hydrogens is 218 g/mol. The molecule has 5 heteroatoms. The van der Waals surface area contributed by atoms with Crippen LogP contribution in [0.2, 0.25) is 0 Å². The summed E-state index contributed by atoms with van der Waals surface area (Å²) in [6.45, 7) is 5.75. The Hall–Kier alpha value is -2.04. The minimum atomic E-state index is -0.280. The average Bonchev–Trinajstić information content (AvgIpc) is 2.53. The fourth-order valence-electron chi connectivity index (χ4n) is 1.59. The molecule has 0 saturated heterocycles. The van der Waals surface area contributed by atoms with Gasteiger partial charge >= 0.3 is 5.69 Å². The summed E-state index contributed by atoms with van der Waals surface area (Å²) in [5.41, 5.74) is 1.31. The van der Waals surface area contributed by atoms with Crippen molar-refractivity contribution in [2.75, 3.05) is 0 Å². The molecule has 3 N–H and O–H groups in total. The van der Waals surface area contributed by atoms with Crippen molar-refractivity contribution in [3.05, 3.63) is 34.2 Å². The Balaban J connectivity index is 2.36. The van der Waals surface area contributed by atoms with Crippen LogP contribution in [0.3, 0.4) is 0 Å². The van der Waals surface area contributed by atoms with Crippen molar-refractivity contribution in [1.82, 2.24) is 15.3 Å². The molecule has 5 nitrogen and oxygen atoms in total. The van der Waals surface area contributed by atoms with Gasteiger partial charge in [-0.1, -0.05) is 0 Å². The Morgan fingerprint density at radius 3 is 2.47 bits per heavy atom. The van der Waals surface area contributed by atoms with E-state index < -0.39 is 0 Å². The molecule has 0 spiro atoms. The highest BCUT2D eigenvalue weighted by atomic mass is 16.2. The third kappa shape index (κ3) is 2.55. The topological polar surface area (TPSA) is 77.8 Å². The smallest absolute Gasteiger partial charge is 0.323 e. The zero-order chi connectivity index (χ0) is 12.6. The molecule has 90 valence electrons. The number of aromatic amines is 2. The van der Waals surface area contributed by atoms with Crippen LogP contribution >= 0.6 is 0 Å². The number of carbonyl (C=O) groups is 1. The van der Waals surface area contributed by atoms with Crippen molar-refractivity contribution in [3.8, 4) is 0 Å².